The third-order valence-corrected chi connectivity index (χ3v) is 6.80. The van der Waals surface area contributed by atoms with Crippen molar-refractivity contribution < 1.29 is 9.72 Å². The van der Waals surface area contributed by atoms with Crippen molar-refractivity contribution in [2.45, 2.75) is 13.5 Å². The Kier molecular flexibility index (Phi) is 5.70. The van der Waals surface area contributed by atoms with Crippen LogP contribution >= 0.6 is 22.7 Å². The summed E-state index contributed by atoms with van der Waals surface area (Å²) in [6.45, 7) is 5.12. The molecule has 0 saturated carbocycles. The van der Waals surface area contributed by atoms with Gasteiger partial charge in [0.2, 0.25) is 0 Å². The molecule has 1 fully saturated rings. The van der Waals surface area contributed by atoms with Gasteiger partial charge in [0.05, 0.1) is 22.0 Å². The lowest BCUT2D eigenvalue weighted by Gasteiger charge is -2.34. The average Bonchev–Trinajstić information content (AvgIpc) is 3.40. The van der Waals surface area contributed by atoms with E-state index in [4.69, 9.17) is 4.98 Å². The number of rotatable bonds is 5. The highest BCUT2D eigenvalue weighted by atomic mass is 32.1. The van der Waals surface area contributed by atoms with Crippen molar-refractivity contribution in [3.05, 3.63) is 67.3 Å². The molecule has 0 aliphatic carbocycles. The summed E-state index contributed by atoms with van der Waals surface area (Å²) in [5, 5.41) is 16.3. The predicted molar refractivity (Wildman–Crippen MR) is 114 cm³/mol. The highest BCUT2D eigenvalue weighted by Gasteiger charge is 2.26. The Bertz CT molecular complexity index is 1020. The summed E-state index contributed by atoms with van der Waals surface area (Å²) < 4.78 is 0. The molecule has 2 aromatic heterocycles. The van der Waals surface area contributed by atoms with Crippen LogP contribution in [-0.2, 0) is 6.54 Å². The molecular formula is C20H20N4O3S2. The number of carbonyl (C=O) groups is 1. The van der Waals surface area contributed by atoms with E-state index in [9.17, 15) is 14.9 Å². The van der Waals surface area contributed by atoms with Crippen LogP contribution in [0.3, 0.4) is 0 Å². The number of nitrogens with zero attached hydrogens (tertiary/aromatic N) is 4. The highest BCUT2D eigenvalue weighted by molar-refractivity contribution is 7.14. The van der Waals surface area contributed by atoms with E-state index in [0.29, 0.717) is 24.2 Å². The van der Waals surface area contributed by atoms with Gasteiger partial charge in [-0.1, -0.05) is 12.1 Å². The fraction of sp³-hybridized carbons (Fsp3) is 0.300. The van der Waals surface area contributed by atoms with Gasteiger partial charge in [-0.05, 0) is 24.4 Å². The maximum Gasteiger partial charge on any atom is 0.273 e. The monoisotopic (exact) mass is 428 g/mol. The SMILES string of the molecule is Cc1c(C(=O)N2CCN(Cc3nc(-c4cccs4)cs3)CC2)cccc1[N+](=O)[O-]. The molecular weight excluding hydrogens is 408 g/mol. The molecule has 0 bridgehead atoms. The number of hydrogen-bond acceptors (Lipinski definition) is 7. The zero-order chi connectivity index (χ0) is 20.4. The number of benzene rings is 1. The number of piperazine rings is 1. The predicted octanol–water partition coefficient (Wildman–Crippen LogP) is 4.05. The van der Waals surface area contributed by atoms with Gasteiger partial charge in [-0.25, -0.2) is 4.98 Å². The number of amides is 1. The molecule has 1 aromatic carbocycles. The molecule has 7 nitrogen and oxygen atoms in total. The topological polar surface area (TPSA) is 79.6 Å². The smallest absolute Gasteiger partial charge is 0.273 e. The van der Waals surface area contributed by atoms with Crippen molar-refractivity contribution in [3.8, 4) is 10.6 Å². The molecule has 0 radical (unpaired) electrons. The molecule has 29 heavy (non-hydrogen) atoms. The van der Waals surface area contributed by atoms with Gasteiger partial charge in [0.15, 0.2) is 0 Å². The van der Waals surface area contributed by atoms with Crippen molar-refractivity contribution in [2.24, 2.45) is 0 Å². The lowest BCUT2D eigenvalue weighted by Crippen LogP contribution is -2.48. The Morgan fingerprint density at radius 3 is 2.66 bits per heavy atom. The van der Waals surface area contributed by atoms with E-state index in [1.54, 1.807) is 46.6 Å². The molecule has 1 aliphatic rings. The number of carbonyl (C=O) groups excluding carboxylic acids is 1. The van der Waals surface area contributed by atoms with E-state index in [2.05, 4.69) is 16.3 Å². The zero-order valence-corrected chi connectivity index (χ0v) is 17.5. The number of aromatic nitrogens is 1. The molecule has 150 valence electrons. The first-order valence-electron chi connectivity index (χ1n) is 9.27. The normalized spacial score (nSPS) is 14.9. The largest absolute Gasteiger partial charge is 0.336 e. The average molecular weight is 429 g/mol. The van der Waals surface area contributed by atoms with Crippen LogP contribution in [-0.4, -0.2) is 51.8 Å². The van der Waals surface area contributed by atoms with Crippen LogP contribution < -0.4 is 0 Å². The third-order valence-electron chi connectivity index (χ3n) is 5.08. The van der Waals surface area contributed by atoms with E-state index < -0.39 is 4.92 Å². The first-order valence-corrected chi connectivity index (χ1v) is 11.0. The first kappa shape index (κ1) is 19.7. The molecule has 4 rings (SSSR count). The molecule has 1 amide bonds. The Morgan fingerprint density at radius 1 is 1.17 bits per heavy atom. The maximum absolute atomic E-state index is 12.9. The first-order chi connectivity index (χ1) is 14.0. The molecule has 0 N–H and O–H groups in total. The maximum atomic E-state index is 12.9. The van der Waals surface area contributed by atoms with Crippen LogP contribution in [0.5, 0.6) is 0 Å². The van der Waals surface area contributed by atoms with Crippen LogP contribution in [0.1, 0.15) is 20.9 Å². The second kappa shape index (κ2) is 8.40. The Hall–Kier alpha value is -2.62. The number of thiazole rings is 1. The van der Waals surface area contributed by atoms with Crippen molar-refractivity contribution >= 4 is 34.3 Å². The minimum Gasteiger partial charge on any atom is -0.336 e. The van der Waals surface area contributed by atoms with Crippen molar-refractivity contribution in [3.63, 3.8) is 0 Å². The summed E-state index contributed by atoms with van der Waals surface area (Å²) in [5.41, 5.74) is 1.84. The standard InChI is InChI=1S/C20H20N4O3S2/c1-14-15(4-2-5-17(14)24(26)27)20(25)23-9-7-22(8-10-23)12-19-21-16(13-29-19)18-6-3-11-28-18/h2-6,11,13H,7-10,12H2,1H3. The van der Waals surface area contributed by atoms with E-state index in [1.165, 1.54) is 10.9 Å². The third kappa shape index (κ3) is 4.21. The van der Waals surface area contributed by atoms with E-state index >= 15 is 0 Å². The van der Waals surface area contributed by atoms with Crippen LogP contribution in [0.15, 0.2) is 41.1 Å². The van der Waals surface area contributed by atoms with Crippen LogP contribution in [0, 0.1) is 17.0 Å². The van der Waals surface area contributed by atoms with E-state index in [0.717, 1.165) is 30.3 Å². The minimum absolute atomic E-state index is 0.0141. The van der Waals surface area contributed by atoms with Gasteiger partial charge in [-0.15, -0.1) is 22.7 Å². The van der Waals surface area contributed by atoms with Gasteiger partial charge in [-0.3, -0.25) is 19.8 Å². The van der Waals surface area contributed by atoms with E-state index in [1.807, 2.05) is 11.4 Å². The quantitative estimate of drug-likeness (QED) is 0.452. The lowest BCUT2D eigenvalue weighted by molar-refractivity contribution is -0.385. The Morgan fingerprint density at radius 2 is 1.97 bits per heavy atom. The van der Waals surface area contributed by atoms with Gasteiger partial charge in [0.1, 0.15) is 5.01 Å². The second-order valence-electron chi connectivity index (χ2n) is 6.88. The molecule has 0 spiro atoms. The van der Waals surface area contributed by atoms with Crippen LogP contribution in [0.2, 0.25) is 0 Å². The number of nitro benzene ring substituents is 1. The summed E-state index contributed by atoms with van der Waals surface area (Å²) in [6, 6.07) is 8.77. The fourth-order valence-electron chi connectivity index (χ4n) is 3.44. The molecule has 3 aromatic rings. The minimum atomic E-state index is -0.442. The lowest BCUT2D eigenvalue weighted by atomic mass is 10.1. The van der Waals surface area contributed by atoms with Crippen molar-refractivity contribution in [2.75, 3.05) is 26.2 Å². The fourth-order valence-corrected chi connectivity index (χ4v) is 5.04. The summed E-state index contributed by atoms with van der Waals surface area (Å²) in [4.78, 5) is 33.5. The Balaban J connectivity index is 1.37. The summed E-state index contributed by atoms with van der Waals surface area (Å²) in [7, 11) is 0. The van der Waals surface area contributed by atoms with E-state index in [-0.39, 0.29) is 11.6 Å². The molecule has 9 heteroatoms. The van der Waals surface area contributed by atoms with Gasteiger partial charge in [0.25, 0.3) is 11.6 Å². The van der Waals surface area contributed by atoms with Gasteiger partial charge >= 0.3 is 0 Å². The van der Waals surface area contributed by atoms with Crippen molar-refractivity contribution in [1.29, 1.82) is 0 Å². The van der Waals surface area contributed by atoms with Gasteiger partial charge < -0.3 is 4.90 Å². The van der Waals surface area contributed by atoms with Gasteiger partial charge in [0, 0.05) is 48.8 Å². The molecule has 0 atom stereocenters. The van der Waals surface area contributed by atoms with Crippen LogP contribution in [0.4, 0.5) is 5.69 Å². The summed E-state index contributed by atoms with van der Waals surface area (Å²) in [5.74, 6) is -0.139. The summed E-state index contributed by atoms with van der Waals surface area (Å²) in [6.07, 6.45) is 0. The molecule has 3 heterocycles. The number of thiophene rings is 1. The molecule has 1 aliphatic heterocycles. The molecule has 0 unspecified atom stereocenters. The zero-order valence-electron chi connectivity index (χ0n) is 15.9. The number of nitro groups is 1. The van der Waals surface area contributed by atoms with Crippen LogP contribution in [0.25, 0.3) is 10.6 Å². The Labute approximate surface area is 176 Å². The van der Waals surface area contributed by atoms with Crippen molar-refractivity contribution in [1.82, 2.24) is 14.8 Å². The highest BCUT2D eigenvalue weighted by Crippen LogP contribution is 2.27. The second-order valence-corrected chi connectivity index (χ2v) is 8.77. The summed E-state index contributed by atoms with van der Waals surface area (Å²) >= 11 is 3.35. The van der Waals surface area contributed by atoms with Gasteiger partial charge in [-0.2, -0.15) is 0 Å². The molecule has 1 saturated heterocycles. The number of hydrogen-bond donors (Lipinski definition) is 0.